The van der Waals surface area contributed by atoms with Crippen LogP contribution in [0.15, 0.2) is 42.5 Å². The number of halogens is 1. The molecule has 2 aromatic carbocycles. The quantitative estimate of drug-likeness (QED) is 0.678. The number of carbonyl (C=O) groups is 1. The van der Waals surface area contributed by atoms with Gasteiger partial charge in [0, 0.05) is 23.9 Å². The first-order valence-electron chi connectivity index (χ1n) is 7.54. The van der Waals surface area contributed by atoms with Gasteiger partial charge in [0.1, 0.15) is 0 Å². The molecular weight excluding hydrogens is 330 g/mol. The van der Waals surface area contributed by atoms with Crippen molar-refractivity contribution in [2.45, 2.75) is 19.4 Å². The van der Waals surface area contributed by atoms with E-state index in [4.69, 9.17) is 11.6 Å². The molecule has 7 heteroatoms. The van der Waals surface area contributed by atoms with Gasteiger partial charge in [0.25, 0.3) is 5.69 Å². The summed E-state index contributed by atoms with van der Waals surface area (Å²) in [5.41, 5.74) is 2.55. The largest absolute Gasteiger partial charge is 0.359 e. The second-order valence-corrected chi connectivity index (χ2v) is 6.19. The first-order valence-corrected chi connectivity index (χ1v) is 7.92. The predicted octanol–water partition coefficient (Wildman–Crippen LogP) is 3.64. The minimum atomic E-state index is -0.527. The summed E-state index contributed by atoms with van der Waals surface area (Å²) in [4.78, 5) is 24.6. The van der Waals surface area contributed by atoms with Crippen molar-refractivity contribution >= 4 is 34.6 Å². The van der Waals surface area contributed by atoms with Gasteiger partial charge in [-0.2, -0.15) is 0 Å². The molecule has 1 N–H and O–H groups in total. The highest BCUT2D eigenvalue weighted by Crippen LogP contribution is 2.32. The van der Waals surface area contributed by atoms with Gasteiger partial charge < -0.3 is 10.2 Å². The minimum absolute atomic E-state index is 0.111. The Morgan fingerprint density at radius 1 is 1.38 bits per heavy atom. The third-order valence-electron chi connectivity index (χ3n) is 4.10. The molecule has 0 bridgehead atoms. The van der Waals surface area contributed by atoms with Crippen LogP contribution in [0.4, 0.5) is 17.1 Å². The van der Waals surface area contributed by atoms with E-state index < -0.39 is 4.92 Å². The van der Waals surface area contributed by atoms with E-state index in [-0.39, 0.29) is 29.2 Å². The lowest BCUT2D eigenvalue weighted by atomic mass is 10.1. The fraction of sp³-hybridized carbons (Fsp3) is 0.235. The number of fused-ring (bicyclic) bond motifs is 1. The van der Waals surface area contributed by atoms with Gasteiger partial charge >= 0.3 is 0 Å². The van der Waals surface area contributed by atoms with Gasteiger partial charge in [0.05, 0.1) is 22.2 Å². The molecule has 0 spiro atoms. The van der Waals surface area contributed by atoms with Crippen molar-refractivity contribution in [2.24, 2.45) is 0 Å². The second-order valence-electron chi connectivity index (χ2n) is 5.78. The smallest absolute Gasteiger partial charge is 0.271 e. The zero-order valence-electron chi connectivity index (χ0n) is 13.0. The van der Waals surface area contributed by atoms with Crippen LogP contribution in [0.3, 0.4) is 0 Å². The van der Waals surface area contributed by atoms with E-state index in [0.717, 1.165) is 12.1 Å². The number of para-hydroxylation sites is 1. The van der Waals surface area contributed by atoms with Crippen LogP contribution in [-0.2, 0) is 11.2 Å². The minimum Gasteiger partial charge on any atom is -0.359 e. The lowest BCUT2D eigenvalue weighted by molar-refractivity contribution is -0.384. The average molecular weight is 346 g/mol. The Balaban J connectivity index is 1.71. The van der Waals surface area contributed by atoms with Crippen LogP contribution in [0.1, 0.15) is 12.5 Å². The van der Waals surface area contributed by atoms with Crippen molar-refractivity contribution in [1.82, 2.24) is 0 Å². The van der Waals surface area contributed by atoms with Crippen LogP contribution in [0, 0.1) is 10.1 Å². The topological polar surface area (TPSA) is 75.5 Å². The highest BCUT2D eigenvalue weighted by Gasteiger charge is 2.27. The summed E-state index contributed by atoms with van der Waals surface area (Å²) in [7, 11) is 0. The lowest BCUT2D eigenvalue weighted by Crippen LogP contribution is -2.37. The Morgan fingerprint density at radius 2 is 2.12 bits per heavy atom. The van der Waals surface area contributed by atoms with Crippen LogP contribution in [0.5, 0.6) is 0 Å². The molecule has 1 heterocycles. The maximum atomic E-state index is 12.3. The third kappa shape index (κ3) is 3.19. The molecule has 0 aromatic heterocycles. The molecule has 0 fully saturated rings. The molecule has 1 aliphatic heterocycles. The van der Waals surface area contributed by atoms with Crippen molar-refractivity contribution in [1.29, 1.82) is 0 Å². The van der Waals surface area contributed by atoms with E-state index in [1.807, 2.05) is 23.1 Å². The van der Waals surface area contributed by atoms with Gasteiger partial charge in [-0.3, -0.25) is 14.9 Å². The monoisotopic (exact) mass is 345 g/mol. The third-order valence-corrected chi connectivity index (χ3v) is 4.41. The Bertz CT molecular complexity index is 809. The average Bonchev–Trinajstić information content (AvgIpc) is 2.85. The summed E-state index contributed by atoms with van der Waals surface area (Å²) in [6.45, 7) is 2.28. The number of nitrogens with one attached hydrogen (secondary N) is 1. The highest BCUT2D eigenvalue weighted by atomic mass is 35.5. The first-order chi connectivity index (χ1) is 11.5. The number of hydrogen-bond acceptors (Lipinski definition) is 4. The standard InChI is InChI=1S/C17H16ClN3O3/c1-11-8-12-4-2-3-5-16(12)20(11)10-17(22)19-15-7-6-13(21(23)24)9-14(15)18/h2-7,9,11H,8,10H2,1H3,(H,19,22). The summed E-state index contributed by atoms with van der Waals surface area (Å²) in [6.07, 6.45) is 0.905. The van der Waals surface area contributed by atoms with Gasteiger partial charge in [0.2, 0.25) is 5.91 Å². The Morgan fingerprint density at radius 3 is 2.83 bits per heavy atom. The van der Waals surface area contributed by atoms with Gasteiger partial charge in [-0.15, -0.1) is 0 Å². The van der Waals surface area contributed by atoms with Gasteiger partial charge in [0.15, 0.2) is 0 Å². The molecule has 0 saturated heterocycles. The number of carbonyl (C=O) groups excluding carboxylic acids is 1. The predicted molar refractivity (Wildman–Crippen MR) is 93.7 cm³/mol. The van der Waals surface area contributed by atoms with E-state index in [0.29, 0.717) is 5.69 Å². The Kier molecular flexibility index (Phi) is 4.40. The van der Waals surface area contributed by atoms with E-state index in [2.05, 4.69) is 18.3 Å². The van der Waals surface area contributed by atoms with Gasteiger partial charge in [-0.1, -0.05) is 29.8 Å². The van der Waals surface area contributed by atoms with Crippen LogP contribution < -0.4 is 10.2 Å². The van der Waals surface area contributed by atoms with Crippen molar-refractivity contribution in [3.05, 3.63) is 63.2 Å². The zero-order chi connectivity index (χ0) is 17.3. The SMILES string of the molecule is CC1Cc2ccccc2N1CC(=O)Nc1ccc([N+](=O)[O-])cc1Cl. The molecule has 0 saturated carbocycles. The van der Waals surface area contributed by atoms with E-state index >= 15 is 0 Å². The van der Waals surface area contributed by atoms with Gasteiger partial charge in [-0.25, -0.2) is 0 Å². The number of nitro groups is 1. The molecule has 0 aliphatic carbocycles. The maximum absolute atomic E-state index is 12.3. The van der Waals surface area contributed by atoms with Crippen molar-refractivity contribution in [3.63, 3.8) is 0 Å². The molecule has 1 amide bonds. The fourth-order valence-corrected chi connectivity index (χ4v) is 3.16. The summed E-state index contributed by atoms with van der Waals surface area (Å²) >= 11 is 6.01. The molecule has 1 unspecified atom stereocenters. The molecule has 124 valence electrons. The van der Waals surface area contributed by atoms with E-state index in [9.17, 15) is 14.9 Å². The van der Waals surface area contributed by atoms with Crippen molar-refractivity contribution in [2.75, 3.05) is 16.8 Å². The molecule has 3 rings (SSSR count). The zero-order valence-corrected chi connectivity index (χ0v) is 13.8. The number of nitro benzene ring substituents is 1. The number of rotatable bonds is 4. The summed E-state index contributed by atoms with van der Waals surface area (Å²) in [5.74, 6) is -0.214. The molecule has 6 nitrogen and oxygen atoms in total. The number of amides is 1. The van der Waals surface area contributed by atoms with Gasteiger partial charge in [-0.05, 0) is 31.0 Å². The van der Waals surface area contributed by atoms with Crippen molar-refractivity contribution in [3.8, 4) is 0 Å². The fourth-order valence-electron chi connectivity index (χ4n) is 2.93. The van der Waals surface area contributed by atoms with Crippen molar-refractivity contribution < 1.29 is 9.72 Å². The number of nitrogens with zero attached hydrogens (tertiary/aromatic N) is 2. The number of hydrogen-bond donors (Lipinski definition) is 1. The molecule has 1 atom stereocenters. The molecule has 2 aromatic rings. The summed E-state index contributed by atoms with van der Waals surface area (Å²) in [6, 6.07) is 12.2. The molecular formula is C17H16ClN3O3. The van der Waals surface area contributed by atoms with Crippen LogP contribution in [0.2, 0.25) is 5.02 Å². The van der Waals surface area contributed by atoms with E-state index in [1.54, 1.807) is 0 Å². The van der Waals surface area contributed by atoms with Crippen LogP contribution in [0.25, 0.3) is 0 Å². The second kappa shape index (κ2) is 6.49. The number of non-ortho nitro benzene ring substituents is 1. The molecule has 1 aliphatic rings. The molecule has 0 radical (unpaired) electrons. The summed E-state index contributed by atoms with van der Waals surface area (Å²) in [5, 5.41) is 13.6. The number of anilines is 2. The van der Waals surface area contributed by atoms with Crippen LogP contribution in [-0.4, -0.2) is 23.4 Å². The highest BCUT2D eigenvalue weighted by molar-refractivity contribution is 6.34. The first kappa shape index (κ1) is 16.3. The lowest BCUT2D eigenvalue weighted by Gasteiger charge is -2.24. The number of benzene rings is 2. The maximum Gasteiger partial charge on any atom is 0.271 e. The normalized spacial score (nSPS) is 15.9. The summed E-state index contributed by atoms with van der Waals surface area (Å²) < 4.78 is 0. The molecule has 24 heavy (non-hydrogen) atoms. The van der Waals surface area contributed by atoms with E-state index in [1.165, 1.54) is 23.8 Å². The van der Waals surface area contributed by atoms with Crippen LogP contribution >= 0.6 is 11.6 Å². The Labute approximate surface area is 144 Å². The Hall–Kier alpha value is -2.60.